The topological polar surface area (TPSA) is 75.9 Å². The number of anilines is 4. The van der Waals surface area contributed by atoms with Crippen LogP contribution in [0.25, 0.3) is 0 Å². The van der Waals surface area contributed by atoms with Gasteiger partial charge in [-0.3, -0.25) is 0 Å². The fraction of sp³-hybridized carbons (Fsp3) is 0.167. The van der Waals surface area contributed by atoms with Crippen molar-refractivity contribution < 1.29 is 4.39 Å². The van der Waals surface area contributed by atoms with Gasteiger partial charge in [0.25, 0.3) is 0 Å². The second kappa shape index (κ2) is 5.83. The summed E-state index contributed by atoms with van der Waals surface area (Å²) in [6, 6.07) is 6.28. The zero-order valence-electron chi connectivity index (χ0n) is 10.2. The molecule has 0 aliphatic carbocycles. The van der Waals surface area contributed by atoms with Crippen LogP contribution in [0.3, 0.4) is 0 Å². The van der Waals surface area contributed by atoms with Gasteiger partial charge >= 0.3 is 0 Å². The molecule has 0 unspecified atom stereocenters. The van der Waals surface area contributed by atoms with Gasteiger partial charge in [0.2, 0.25) is 5.95 Å². The highest BCUT2D eigenvalue weighted by Crippen LogP contribution is 2.24. The fourth-order valence-electron chi connectivity index (χ4n) is 1.53. The molecule has 1 aromatic carbocycles. The number of hydrogen-bond donors (Lipinski definition) is 3. The minimum absolute atomic E-state index is 0.122. The van der Waals surface area contributed by atoms with E-state index < -0.39 is 0 Å². The van der Waals surface area contributed by atoms with Crippen molar-refractivity contribution in [1.29, 1.82) is 0 Å². The zero-order chi connectivity index (χ0) is 13.8. The maximum atomic E-state index is 13.6. The molecule has 0 amide bonds. The van der Waals surface area contributed by atoms with Crippen molar-refractivity contribution in [3.63, 3.8) is 0 Å². The first-order chi connectivity index (χ1) is 9.08. The molecular weight excluding hydrogens is 313 g/mol. The second-order valence-electron chi connectivity index (χ2n) is 3.78. The SMILES string of the molecule is CCNc1cc(Nc2cc(Br)ccc2F)nc(N)n1. The van der Waals surface area contributed by atoms with Gasteiger partial charge in [-0.15, -0.1) is 0 Å². The van der Waals surface area contributed by atoms with Gasteiger partial charge in [0.1, 0.15) is 17.5 Å². The Morgan fingerprint density at radius 3 is 2.74 bits per heavy atom. The zero-order valence-corrected chi connectivity index (χ0v) is 11.8. The van der Waals surface area contributed by atoms with Crippen LogP contribution in [0, 0.1) is 5.82 Å². The summed E-state index contributed by atoms with van der Waals surface area (Å²) in [5.74, 6) is 0.773. The Hall–Kier alpha value is -1.89. The highest BCUT2D eigenvalue weighted by atomic mass is 79.9. The molecule has 0 aliphatic rings. The Bertz CT molecular complexity index is 590. The molecule has 100 valence electrons. The van der Waals surface area contributed by atoms with Gasteiger partial charge in [-0.25, -0.2) is 4.39 Å². The van der Waals surface area contributed by atoms with E-state index in [0.717, 1.165) is 4.47 Å². The number of nitrogens with one attached hydrogen (secondary N) is 2. The van der Waals surface area contributed by atoms with E-state index in [0.29, 0.717) is 23.9 Å². The summed E-state index contributed by atoms with van der Waals surface area (Å²) in [7, 11) is 0. The Morgan fingerprint density at radius 2 is 2.00 bits per heavy atom. The number of nitrogens with zero attached hydrogens (tertiary/aromatic N) is 2. The third kappa shape index (κ3) is 3.54. The van der Waals surface area contributed by atoms with Crippen LogP contribution in [-0.4, -0.2) is 16.5 Å². The average Bonchev–Trinajstić information content (AvgIpc) is 2.33. The molecule has 0 saturated carbocycles. The molecule has 0 fully saturated rings. The molecule has 0 aliphatic heterocycles. The van der Waals surface area contributed by atoms with E-state index in [9.17, 15) is 4.39 Å². The van der Waals surface area contributed by atoms with Gasteiger partial charge in [0.05, 0.1) is 5.69 Å². The molecule has 4 N–H and O–H groups in total. The number of rotatable bonds is 4. The molecule has 5 nitrogen and oxygen atoms in total. The Morgan fingerprint density at radius 1 is 1.26 bits per heavy atom. The average molecular weight is 326 g/mol. The number of hydrogen-bond acceptors (Lipinski definition) is 5. The first kappa shape index (κ1) is 13.5. The van der Waals surface area contributed by atoms with Gasteiger partial charge < -0.3 is 16.4 Å². The van der Waals surface area contributed by atoms with Crippen LogP contribution < -0.4 is 16.4 Å². The Labute approximate surface area is 118 Å². The van der Waals surface area contributed by atoms with Crippen LogP contribution in [0.15, 0.2) is 28.7 Å². The van der Waals surface area contributed by atoms with Crippen LogP contribution in [0.2, 0.25) is 0 Å². The summed E-state index contributed by atoms with van der Waals surface area (Å²) < 4.78 is 14.4. The summed E-state index contributed by atoms with van der Waals surface area (Å²) >= 11 is 3.29. The number of aromatic nitrogens is 2. The van der Waals surface area contributed by atoms with Gasteiger partial charge in [0.15, 0.2) is 0 Å². The fourth-order valence-corrected chi connectivity index (χ4v) is 1.89. The standard InChI is InChI=1S/C12H13BrFN5/c1-2-16-10-6-11(19-12(15)18-10)17-9-5-7(13)3-4-8(9)14/h3-6H,2H2,1H3,(H4,15,16,17,18,19). The van der Waals surface area contributed by atoms with Crippen LogP contribution >= 0.6 is 15.9 Å². The molecular formula is C12H13BrFN5. The largest absolute Gasteiger partial charge is 0.370 e. The number of nitrogen functional groups attached to an aromatic ring is 1. The molecule has 0 bridgehead atoms. The maximum absolute atomic E-state index is 13.6. The molecule has 0 saturated heterocycles. The summed E-state index contributed by atoms with van der Waals surface area (Å²) in [6.45, 7) is 2.65. The summed E-state index contributed by atoms with van der Waals surface area (Å²) in [5, 5.41) is 5.90. The Kier molecular flexibility index (Phi) is 4.16. The highest BCUT2D eigenvalue weighted by Gasteiger charge is 2.06. The lowest BCUT2D eigenvalue weighted by Gasteiger charge is -2.10. The number of halogens is 2. The molecule has 1 aromatic heterocycles. The minimum Gasteiger partial charge on any atom is -0.370 e. The molecule has 2 aromatic rings. The van der Waals surface area contributed by atoms with Gasteiger partial charge in [-0.2, -0.15) is 9.97 Å². The molecule has 7 heteroatoms. The first-order valence-corrected chi connectivity index (χ1v) is 6.48. The highest BCUT2D eigenvalue weighted by molar-refractivity contribution is 9.10. The lowest BCUT2D eigenvalue weighted by molar-refractivity contribution is 0.631. The minimum atomic E-state index is -0.370. The van der Waals surface area contributed by atoms with E-state index in [-0.39, 0.29) is 11.8 Å². The smallest absolute Gasteiger partial charge is 0.223 e. The Balaban J connectivity index is 2.29. The van der Waals surface area contributed by atoms with Crippen LogP contribution in [0.4, 0.5) is 27.7 Å². The second-order valence-corrected chi connectivity index (χ2v) is 4.69. The molecule has 0 spiro atoms. The maximum Gasteiger partial charge on any atom is 0.223 e. The molecule has 1 heterocycles. The van der Waals surface area contributed by atoms with Crippen molar-refractivity contribution in [3.8, 4) is 0 Å². The van der Waals surface area contributed by atoms with Gasteiger partial charge in [-0.1, -0.05) is 15.9 Å². The van der Waals surface area contributed by atoms with Gasteiger partial charge in [0, 0.05) is 17.1 Å². The molecule has 19 heavy (non-hydrogen) atoms. The van der Waals surface area contributed by atoms with E-state index >= 15 is 0 Å². The van der Waals surface area contributed by atoms with E-state index in [4.69, 9.17) is 5.73 Å². The quantitative estimate of drug-likeness (QED) is 0.805. The third-order valence-corrected chi connectivity index (χ3v) is 2.79. The molecule has 2 rings (SSSR count). The van der Waals surface area contributed by atoms with E-state index in [1.54, 1.807) is 18.2 Å². The number of nitrogens with two attached hydrogens (primary N) is 1. The van der Waals surface area contributed by atoms with Crippen LogP contribution in [0.5, 0.6) is 0 Å². The van der Waals surface area contributed by atoms with Crippen molar-refractivity contribution in [2.75, 3.05) is 22.9 Å². The van der Waals surface area contributed by atoms with Crippen molar-refractivity contribution >= 4 is 39.2 Å². The lowest BCUT2D eigenvalue weighted by atomic mass is 10.3. The van der Waals surface area contributed by atoms with E-state index in [1.807, 2.05) is 6.92 Å². The van der Waals surface area contributed by atoms with E-state index in [1.165, 1.54) is 6.07 Å². The predicted molar refractivity (Wildman–Crippen MR) is 78.0 cm³/mol. The van der Waals surface area contributed by atoms with Crippen LogP contribution in [-0.2, 0) is 0 Å². The first-order valence-electron chi connectivity index (χ1n) is 5.69. The lowest BCUT2D eigenvalue weighted by Crippen LogP contribution is -2.06. The molecule has 0 radical (unpaired) electrons. The summed E-state index contributed by atoms with van der Waals surface area (Å²) in [6.07, 6.45) is 0. The van der Waals surface area contributed by atoms with Crippen molar-refractivity contribution in [2.24, 2.45) is 0 Å². The van der Waals surface area contributed by atoms with Crippen molar-refractivity contribution in [3.05, 3.63) is 34.6 Å². The number of benzene rings is 1. The third-order valence-electron chi connectivity index (χ3n) is 2.29. The predicted octanol–water partition coefficient (Wildman–Crippen LogP) is 3.14. The van der Waals surface area contributed by atoms with Gasteiger partial charge in [-0.05, 0) is 25.1 Å². The molecule has 0 atom stereocenters. The van der Waals surface area contributed by atoms with Crippen molar-refractivity contribution in [1.82, 2.24) is 9.97 Å². The normalized spacial score (nSPS) is 10.3. The monoisotopic (exact) mass is 325 g/mol. The van der Waals surface area contributed by atoms with E-state index in [2.05, 4.69) is 36.5 Å². The van der Waals surface area contributed by atoms with Crippen LogP contribution in [0.1, 0.15) is 6.92 Å². The summed E-state index contributed by atoms with van der Waals surface area (Å²) in [4.78, 5) is 8.03. The van der Waals surface area contributed by atoms with Crippen molar-refractivity contribution in [2.45, 2.75) is 6.92 Å². The summed E-state index contributed by atoms with van der Waals surface area (Å²) in [5.41, 5.74) is 5.92.